The Kier molecular flexibility index (Phi) is 6.86. The number of nitrogens with one attached hydrogen (secondary N) is 1. The molecule has 1 heterocycles. The molecule has 2 nitrogen and oxygen atoms in total. The van der Waals surface area contributed by atoms with Crippen molar-refractivity contribution in [3.8, 4) is 0 Å². The Hall–Kier alpha value is -3.07. The van der Waals surface area contributed by atoms with Crippen molar-refractivity contribution in [2.24, 2.45) is 0 Å². The average molecular weight is 366 g/mol. The van der Waals surface area contributed by atoms with E-state index in [1.807, 2.05) is 6.20 Å². The molecule has 0 aliphatic rings. The molecule has 0 unspecified atom stereocenters. The minimum atomic E-state index is 0.484. The second-order valence-corrected chi connectivity index (χ2v) is 7.13. The van der Waals surface area contributed by atoms with Crippen LogP contribution in [-0.4, -0.2) is 17.8 Å². The molecule has 0 bridgehead atoms. The van der Waals surface area contributed by atoms with Crippen molar-refractivity contribution >= 4 is 7.85 Å². The van der Waals surface area contributed by atoms with Crippen LogP contribution < -0.4 is 0 Å². The molecule has 4 aromatic rings. The Morgan fingerprint density at radius 1 is 0.786 bits per heavy atom. The highest BCUT2D eigenvalue weighted by Crippen LogP contribution is 2.20. The molecule has 140 valence electrons. The lowest BCUT2D eigenvalue weighted by molar-refractivity contribution is 1.00. The summed E-state index contributed by atoms with van der Waals surface area (Å²) in [6.07, 6.45) is 4.55. The van der Waals surface area contributed by atoms with Crippen molar-refractivity contribution in [3.63, 3.8) is 0 Å². The fourth-order valence-electron chi connectivity index (χ4n) is 3.37. The van der Waals surface area contributed by atoms with Crippen LogP contribution in [0.25, 0.3) is 0 Å². The maximum Gasteiger partial charge on any atom is 0.116 e. The van der Waals surface area contributed by atoms with E-state index in [0.29, 0.717) is 5.82 Å². The van der Waals surface area contributed by atoms with Gasteiger partial charge in [0.2, 0.25) is 0 Å². The minimum absolute atomic E-state index is 0.484. The third-order valence-electron chi connectivity index (χ3n) is 5.14. The largest absolute Gasteiger partial charge is 0.348 e. The van der Waals surface area contributed by atoms with Crippen LogP contribution in [-0.2, 0) is 6.42 Å². The average Bonchev–Trinajstić information content (AvgIpc) is 3.25. The quantitative estimate of drug-likeness (QED) is 0.505. The van der Waals surface area contributed by atoms with Crippen LogP contribution in [0.15, 0.2) is 91.3 Å². The van der Waals surface area contributed by atoms with Gasteiger partial charge in [0.15, 0.2) is 0 Å². The molecule has 0 amide bonds. The smallest absolute Gasteiger partial charge is 0.116 e. The summed E-state index contributed by atoms with van der Waals surface area (Å²) in [5.41, 5.74) is 6.79. The first-order valence-corrected chi connectivity index (χ1v) is 9.78. The fourth-order valence-corrected chi connectivity index (χ4v) is 3.37. The summed E-state index contributed by atoms with van der Waals surface area (Å²) in [5, 5.41) is 0. The van der Waals surface area contributed by atoms with Gasteiger partial charge >= 0.3 is 0 Å². The van der Waals surface area contributed by atoms with E-state index in [4.69, 9.17) is 0 Å². The van der Waals surface area contributed by atoms with E-state index in [-0.39, 0.29) is 0 Å². The van der Waals surface area contributed by atoms with E-state index in [1.54, 1.807) is 6.20 Å². The third-order valence-corrected chi connectivity index (χ3v) is 5.14. The van der Waals surface area contributed by atoms with Crippen molar-refractivity contribution in [1.29, 1.82) is 0 Å². The molecule has 0 radical (unpaired) electrons. The number of aromatic nitrogens is 2. The van der Waals surface area contributed by atoms with Gasteiger partial charge in [-0.2, -0.15) is 0 Å². The Bertz CT molecular complexity index is 904. The molecule has 1 aromatic heterocycles. The summed E-state index contributed by atoms with van der Waals surface area (Å²) in [6, 6.07) is 27.6. The van der Waals surface area contributed by atoms with E-state index in [1.165, 1.54) is 27.8 Å². The summed E-state index contributed by atoms with van der Waals surface area (Å²) in [7, 11) is 2.24. The Morgan fingerprint density at radius 2 is 1.32 bits per heavy atom. The predicted octanol–water partition coefficient (Wildman–Crippen LogP) is 5.03. The molecule has 0 saturated heterocycles. The lowest BCUT2D eigenvalue weighted by Gasteiger charge is -2.11. The molecule has 0 atom stereocenters. The number of aromatic amines is 1. The molecular weight excluding hydrogens is 339 g/mol. The second-order valence-electron chi connectivity index (χ2n) is 7.13. The molecule has 0 aliphatic heterocycles. The monoisotopic (exact) mass is 366 g/mol. The van der Waals surface area contributed by atoms with Gasteiger partial charge in [-0.25, -0.2) is 4.98 Å². The Balaban J connectivity index is 0.000000161. The normalized spacial score (nSPS) is 10.4. The Morgan fingerprint density at radius 3 is 1.79 bits per heavy atom. The van der Waals surface area contributed by atoms with Crippen LogP contribution in [0.5, 0.6) is 0 Å². The highest BCUT2D eigenvalue weighted by Gasteiger charge is 2.06. The van der Waals surface area contributed by atoms with E-state index >= 15 is 0 Å². The molecule has 3 heteroatoms. The maximum absolute atomic E-state index is 4.24. The molecular formula is C25H27BN2. The van der Waals surface area contributed by atoms with Crippen LogP contribution in [0, 0.1) is 13.8 Å². The van der Waals surface area contributed by atoms with Crippen LogP contribution in [0.3, 0.4) is 0 Å². The number of H-pyrrole nitrogens is 1. The van der Waals surface area contributed by atoms with Gasteiger partial charge in [0, 0.05) is 18.8 Å². The summed E-state index contributed by atoms with van der Waals surface area (Å²) in [6.45, 7) is 4.29. The number of aryl methyl sites for hydroxylation is 2. The van der Waals surface area contributed by atoms with Crippen molar-refractivity contribution in [1.82, 2.24) is 9.97 Å². The summed E-state index contributed by atoms with van der Waals surface area (Å²) in [5.74, 6) is 1.51. The highest BCUT2D eigenvalue weighted by molar-refractivity contribution is 6.14. The number of imidazole rings is 1. The van der Waals surface area contributed by atoms with Crippen LogP contribution in [0.4, 0.5) is 0 Å². The molecule has 28 heavy (non-hydrogen) atoms. The molecule has 3 aromatic carbocycles. The minimum Gasteiger partial charge on any atom is -0.348 e. The number of benzene rings is 3. The number of hydrogen-bond donors (Lipinski definition) is 1. The van der Waals surface area contributed by atoms with Crippen LogP contribution in [0.2, 0.25) is 0 Å². The molecule has 0 aliphatic carbocycles. The lowest BCUT2D eigenvalue weighted by Crippen LogP contribution is -1.99. The topological polar surface area (TPSA) is 28.7 Å². The predicted molar refractivity (Wildman–Crippen MR) is 121 cm³/mol. The summed E-state index contributed by atoms with van der Waals surface area (Å²) in [4.78, 5) is 7.37. The van der Waals surface area contributed by atoms with E-state index in [2.05, 4.69) is 111 Å². The third kappa shape index (κ3) is 5.23. The standard InChI is InChI=1S/C13H13B.C12H14N2/c14-13(11-7-3-1-4-8-11)12-9-5-2-6-10-12;1-9-4-3-5-10(2)11(9)8-12-13-6-7-14-12/h1-10,13H,14H2;3-7H,8H2,1-2H3,(H,13,14). The van der Waals surface area contributed by atoms with Crippen LogP contribution >= 0.6 is 0 Å². The highest BCUT2D eigenvalue weighted by atomic mass is 14.9. The summed E-state index contributed by atoms with van der Waals surface area (Å²) < 4.78 is 0. The zero-order chi connectivity index (χ0) is 19.8. The molecule has 0 saturated carbocycles. The van der Waals surface area contributed by atoms with Crippen molar-refractivity contribution in [2.75, 3.05) is 0 Å². The molecule has 0 spiro atoms. The first-order chi connectivity index (χ1) is 13.6. The fraction of sp³-hybridized carbons (Fsp3) is 0.160. The van der Waals surface area contributed by atoms with Crippen molar-refractivity contribution in [2.45, 2.75) is 26.1 Å². The van der Waals surface area contributed by atoms with Crippen LogP contribution in [0.1, 0.15) is 39.5 Å². The number of rotatable bonds is 4. The van der Waals surface area contributed by atoms with Crippen molar-refractivity contribution < 1.29 is 0 Å². The van der Waals surface area contributed by atoms with Crippen molar-refractivity contribution in [3.05, 3.63) is 125 Å². The SMILES string of the molecule is BC(c1ccccc1)c1ccccc1.Cc1cccc(C)c1Cc1ncc[nH]1. The van der Waals surface area contributed by atoms with Gasteiger partial charge in [0.05, 0.1) is 0 Å². The van der Waals surface area contributed by atoms with Gasteiger partial charge in [0.1, 0.15) is 13.7 Å². The molecule has 0 fully saturated rings. The molecule has 1 N–H and O–H groups in total. The first kappa shape index (κ1) is 19.7. The Labute approximate surface area is 169 Å². The van der Waals surface area contributed by atoms with E-state index in [9.17, 15) is 0 Å². The van der Waals surface area contributed by atoms with E-state index < -0.39 is 0 Å². The second kappa shape index (κ2) is 9.75. The number of nitrogens with zero attached hydrogens (tertiary/aromatic N) is 1. The van der Waals surface area contributed by atoms with Gasteiger partial charge in [-0.3, -0.25) is 0 Å². The number of hydrogen-bond acceptors (Lipinski definition) is 1. The maximum atomic E-state index is 4.24. The van der Waals surface area contributed by atoms with Gasteiger partial charge in [-0.1, -0.05) is 78.9 Å². The van der Waals surface area contributed by atoms with Gasteiger partial charge in [0.25, 0.3) is 0 Å². The van der Waals surface area contributed by atoms with Gasteiger partial charge < -0.3 is 4.98 Å². The van der Waals surface area contributed by atoms with Gasteiger partial charge in [-0.15, -0.1) is 0 Å². The van der Waals surface area contributed by atoms with E-state index in [0.717, 1.165) is 12.2 Å². The summed E-state index contributed by atoms with van der Waals surface area (Å²) >= 11 is 0. The molecule has 4 rings (SSSR count). The first-order valence-electron chi connectivity index (χ1n) is 9.78. The zero-order valence-corrected chi connectivity index (χ0v) is 16.9. The van der Waals surface area contributed by atoms with Gasteiger partial charge in [-0.05, 0) is 47.5 Å². The zero-order valence-electron chi connectivity index (χ0n) is 16.9. The lowest BCUT2D eigenvalue weighted by atomic mass is 9.76.